The zero-order valence-electron chi connectivity index (χ0n) is 10.5. The van der Waals surface area contributed by atoms with Crippen LogP contribution in [0.25, 0.3) is 0 Å². The van der Waals surface area contributed by atoms with Gasteiger partial charge in [0.05, 0.1) is 22.2 Å². The summed E-state index contributed by atoms with van der Waals surface area (Å²) in [7, 11) is -3.85. The smallest absolute Gasteiger partial charge is 0.323 e. The third-order valence-corrected chi connectivity index (χ3v) is 4.12. The molecule has 1 atom stereocenters. The van der Waals surface area contributed by atoms with Crippen molar-refractivity contribution in [3.8, 4) is 0 Å². The topological polar surface area (TPSA) is 98.5 Å². The first-order valence-electron chi connectivity index (χ1n) is 5.52. The lowest BCUT2D eigenvalue weighted by atomic mass is 10.3. The van der Waals surface area contributed by atoms with Crippen LogP contribution in [0.5, 0.6) is 0 Å². The van der Waals surface area contributed by atoms with Crippen LogP contribution in [-0.4, -0.2) is 27.0 Å². The Kier molecular flexibility index (Phi) is 5.16. The summed E-state index contributed by atoms with van der Waals surface area (Å²) < 4.78 is 30.9. The summed E-state index contributed by atoms with van der Waals surface area (Å²) in [6.45, 7) is 3.21. The largest absolute Gasteiger partial charge is 0.465 e. The van der Waals surface area contributed by atoms with Crippen molar-refractivity contribution in [3.63, 3.8) is 0 Å². The van der Waals surface area contributed by atoms with Gasteiger partial charge in [-0.3, -0.25) is 4.79 Å². The minimum Gasteiger partial charge on any atom is -0.465 e. The molecule has 19 heavy (non-hydrogen) atoms. The average Bonchev–Trinajstić information content (AvgIpc) is 2.32. The number of esters is 1. The van der Waals surface area contributed by atoms with Crippen LogP contribution in [-0.2, 0) is 19.6 Å². The molecule has 0 aliphatic carbocycles. The number of benzene rings is 1. The monoisotopic (exact) mass is 306 g/mol. The predicted octanol–water partition coefficient (Wildman–Crippen LogP) is 1.15. The van der Waals surface area contributed by atoms with E-state index < -0.39 is 22.0 Å². The molecule has 1 unspecified atom stereocenters. The Balaban J connectivity index is 2.92. The Bertz CT molecular complexity index is 574. The molecule has 0 bridgehead atoms. The van der Waals surface area contributed by atoms with Gasteiger partial charge in [0.2, 0.25) is 10.0 Å². The summed E-state index contributed by atoms with van der Waals surface area (Å²) in [6.07, 6.45) is 0. The van der Waals surface area contributed by atoms with E-state index >= 15 is 0 Å². The van der Waals surface area contributed by atoms with Crippen LogP contribution in [0.4, 0.5) is 5.69 Å². The van der Waals surface area contributed by atoms with Crippen molar-refractivity contribution in [3.05, 3.63) is 23.2 Å². The number of halogens is 1. The second kappa shape index (κ2) is 6.23. The molecule has 106 valence electrons. The maximum atomic E-state index is 12.0. The van der Waals surface area contributed by atoms with Crippen LogP contribution in [0.3, 0.4) is 0 Å². The number of carbonyl (C=O) groups excluding carboxylic acids is 1. The molecule has 0 aliphatic heterocycles. The maximum absolute atomic E-state index is 12.0. The second-order valence-corrected chi connectivity index (χ2v) is 5.90. The summed E-state index contributed by atoms with van der Waals surface area (Å²) in [4.78, 5) is 11.3. The van der Waals surface area contributed by atoms with Gasteiger partial charge in [0.1, 0.15) is 6.04 Å². The van der Waals surface area contributed by atoms with Crippen molar-refractivity contribution in [2.75, 3.05) is 12.3 Å². The van der Waals surface area contributed by atoms with E-state index in [1.807, 2.05) is 0 Å². The zero-order chi connectivity index (χ0) is 14.6. The van der Waals surface area contributed by atoms with Crippen molar-refractivity contribution in [1.82, 2.24) is 4.72 Å². The van der Waals surface area contributed by atoms with Gasteiger partial charge >= 0.3 is 5.97 Å². The molecular formula is C11H15ClN2O4S. The first-order chi connectivity index (χ1) is 8.77. The second-order valence-electron chi connectivity index (χ2n) is 3.78. The molecule has 8 heteroatoms. The van der Waals surface area contributed by atoms with Crippen LogP contribution < -0.4 is 10.5 Å². The fourth-order valence-corrected chi connectivity index (χ4v) is 2.75. The van der Waals surface area contributed by atoms with Crippen molar-refractivity contribution in [2.24, 2.45) is 0 Å². The lowest BCUT2D eigenvalue weighted by Gasteiger charge is -2.13. The van der Waals surface area contributed by atoms with E-state index in [1.54, 1.807) is 6.92 Å². The molecule has 0 radical (unpaired) electrons. The van der Waals surface area contributed by atoms with E-state index in [1.165, 1.54) is 25.1 Å². The molecule has 0 aliphatic rings. The molecule has 0 saturated carbocycles. The Morgan fingerprint density at radius 1 is 1.53 bits per heavy atom. The van der Waals surface area contributed by atoms with Crippen molar-refractivity contribution in [2.45, 2.75) is 24.8 Å². The van der Waals surface area contributed by atoms with Crippen molar-refractivity contribution < 1.29 is 17.9 Å². The van der Waals surface area contributed by atoms with Gasteiger partial charge in [-0.15, -0.1) is 0 Å². The van der Waals surface area contributed by atoms with Gasteiger partial charge in [0.25, 0.3) is 0 Å². The van der Waals surface area contributed by atoms with E-state index in [0.29, 0.717) is 0 Å². The van der Waals surface area contributed by atoms with E-state index in [-0.39, 0.29) is 22.2 Å². The lowest BCUT2D eigenvalue weighted by molar-refractivity contribution is -0.144. The van der Waals surface area contributed by atoms with Gasteiger partial charge in [0.15, 0.2) is 0 Å². The summed E-state index contributed by atoms with van der Waals surface area (Å²) in [6, 6.07) is 2.92. The molecule has 1 rings (SSSR count). The standard InChI is InChI=1S/C11H15ClN2O4S/c1-3-18-11(15)7(2)14-19(16,17)8-4-5-10(13)9(12)6-8/h4-7,14H,3,13H2,1-2H3. The number of hydrogen-bond donors (Lipinski definition) is 2. The Morgan fingerprint density at radius 2 is 2.16 bits per heavy atom. The summed E-state index contributed by atoms with van der Waals surface area (Å²) in [5.74, 6) is -0.646. The lowest BCUT2D eigenvalue weighted by Crippen LogP contribution is -2.39. The van der Waals surface area contributed by atoms with Gasteiger partial charge in [-0.05, 0) is 32.0 Å². The van der Waals surface area contributed by atoms with Gasteiger partial charge in [-0.1, -0.05) is 11.6 Å². The van der Waals surface area contributed by atoms with Crippen LogP contribution in [0.2, 0.25) is 5.02 Å². The molecule has 6 nitrogen and oxygen atoms in total. The molecule has 0 fully saturated rings. The Labute approximate surface area is 116 Å². The minimum atomic E-state index is -3.85. The Hall–Kier alpha value is -1.31. The first-order valence-corrected chi connectivity index (χ1v) is 7.38. The number of nitrogens with one attached hydrogen (secondary N) is 1. The molecule has 0 aromatic heterocycles. The summed E-state index contributed by atoms with van der Waals surface area (Å²) in [5.41, 5.74) is 5.78. The summed E-state index contributed by atoms with van der Waals surface area (Å²) in [5, 5.41) is 0.131. The molecule has 1 aromatic carbocycles. The van der Waals surface area contributed by atoms with Gasteiger partial charge in [0, 0.05) is 0 Å². The van der Waals surface area contributed by atoms with Crippen LogP contribution in [0.15, 0.2) is 23.1 Å². The van der Waals surface area contributed by atoms with Gasteiger partial charge in [-0.25, -0.2) is 8.42 Å². The molecule has 0 heterocycles. The third kappa shape index (κ3) is 4.09. The summed E-state index contributed by atoms with van der Waals surface area (Å²) >= 11 is 5.76. The SMILES string of the molecule is CCOC(=O)C(C)NS(=O)(=O)c1ccc(N)c(Cl)c1. The fourth-order valence-electron chi connectivity index (χ4n) is 1.29. The highest BCUT2D eigenvalue weighted by Gasteiger charge is 2.23. The van der Waals surface area contributed by atoms with Gasteiger partial charge in [-0.2, -0.15) is 4.72 Å². The van der Waals surface area contributed by atoms with E-state index in [0.717, 1.165) is 0 Å². The maximum Gasteiger partial charge on any atom is 0.323 e. The molecule has 0 spiro atoms. The van der Waals surface area contributed by atoms with E-state index in [9.17, 15) is 13.2 Å². The van der Waals surface area contributed by atoms with E-state index in [2.05, 4.69) is 4.72 Å². The third-order valence-electron chi connectivity index (χ3n) is 2.25. The number of ether oxygens (including phenoxy) is 1. The quantitative estimate of drug-likeness (QED) is 0.628. The van der Waals surface area contributed by atoms with Crippen LogP contribution in [0, 0.1) is 0 Å². The first kappa shape index (κ1) is 15.7. The number of sulfonamides is 1. The highest BCUT2D eigenvalue weighted by Crippen LogP contribution is 2.22. The normalized spacial score (nSPS) is 13.0. The fraction of sp³-hybridized carbons (Fsp3) is 0.364. The predicted molar refractivity (Wildman–Crippen MR) is 72.3 cm³/mol. The zero-order valence-corrected chi connectivity index (χ0v) is 12.1. The molecule has 1 aromatic rings. The van der Waals surface area contributed by atoms with Crippen LogP contribution in [0.1, 0.15) is 13.8 Å². The van der Waals surface area contributed by atoms with E-state index in [4.69, 9.17) is 22.1 Å². The van der Waals surface area contributed by atoms with Crippen molar-refractivity contribution in [1.29, 1.82) is 0 Å². The number of carbonyl (C=O) groups is 1. The molecule has 3 N–H and O–H groups in total. The highest BCUT2D eigenvalue weighted by atomic mass is 35.5. The van der Waals surface area contributed by atoms with Crippen LogP contribution >= 0.6 is 11.6 Å². The molecule has 0 saturated heterocycles. The number of hydrogen-bond acceptors (Lipinski definition) is 5. The average molecular weight is 307 g/mol. The van der Waals surface area contributed by atoms with Gasteiger partial charge < -0.3 is 10.5 Å². The molecule has 0 amide bonds. The Morgan fingerprint density at radius 3 is 2.68 bits per heavy atom. The number of rotatable bonds is 5. The minimum absolute atomic E-state index is 0.0668. The molecular weight excluding hydrogens is 292 g/mol. The number of anilines is 1. The van der Waals surface area contributed by atoms with Crippen molar-refractivity contribution >= 4 is 33.3 Å². The number of nitrogen functional groups attached to an aromatic ring is 1. The number of nitrogens with two attached hydrogens (primary N) is 1. The highest BCUT2D eigenvalue weighted by molar-refractivity contribution is 7.89.